The van der Waals surface area contributed by atoms with Crippen molar-refractivity contribution in [2.45, 2.75) is 19.0 Å². The SMILES string of the molecule is COc1ccc(-n2c(S/C(C(C)=O)=C(/C)O)nc3ccccc32)cc1. The van der Waals surface area contributed by atoms with Gasteiger partial charge in [0, 0.05) is 5.69 Å². The quantitative estimate of drug-likeness (QED) is 0.415. The predicted molar refractivity (Wildman–Crippen MR) is 99.5 cm³/mol. The molecule has 0 radical (unpaired) electrons. The van der Waals surface area contributed by atoms with Crippen LogP contribution in [-0.4, -0.2) is 27.6 Å². The number of aliphatic hydroxyl groups excluding tert-OH is 1. The van der Waals surface area contributed by atoms with Gasteiger partial charge in [0.05, 0.1) is 23.0 Å². The molecule has 0 bridgehead atoms. The Hall–Kier alpha value is -2.73. The van der Waals surface area contributed by atoms with Crippen LogP contribution in [0.3, 0.4) is 0 Å². The van der Waals surface area contributed by atoms with Crippen molar-refractivity contribution in [3.63, 3.8) is 0 Å². The van der Waals surface area contributed by atoms with Crippen molar-refractivity contribution in [3.8, 4) is 11.4 Å². The number of hydrogen-bond donors (Lipinski definition) is 1. The van der Waals surface area contributed by atoms with Crippen LogP contribution < -0.4 is 4.74 Å². The summed E-state index contributed by atoms with van der Waals surface area (Å²) in [5.74, 6) is 0.557. The number of fused-ring (bicyclic) bond motifs is 1. The number of aromatic nitrogens is 2. The van der Waals surface area contributed by atoms with E-state index in [9.17, 15) is 9.90 Å². The zero-order valence-electron chi connectivity index (χ0n) is 14.2. The number of rotatable bonds is 5. The average Bonchev–Trinajstić information content (AvgIpc) is 2.97. The number of thioether (sulfide) groups is 1. The van der Waals surface area contributed by atoms with Gasteiger partial charge in [-0.25, -0.2) is 4.98 Å². The topological polar surface area (TPSA) is 64.3 Å². The molecule has 6 heteroatoms. The van der Waals surface area contributed by atoms with Crippen LogP contribution in [-0.2, 0) is 4.79 Å². The average molecular weight is 354 g/mol. The molecule has 5 nitrogen and oxygen atoms in total. The number of ketones is 1. The van der Waals surface area contributed by atoms with Crippen LogP contribution in [0.1, 0.15) is 13.8 Å². The Morgan fingerprint density at radius 2 is 1.80 bits per heavy atom. The molecule has 25 heavy (non-hydrogen) atoms. The molecule has 128 valence electrons. The highest BCUT2D eigenvalue weighted by atomic mass is 32.2. The summed E-state index contributed by atoms with van der Waals surface area (Å²) in [5, 5.41) is 10.4. The maximum atomic E-state index is 11.8. The Kier molecular flexibility index (Phi) is 4.81. The molecule has 1 aromatic heterocycles. The molecule has 0 saturated heterocycles. The van der Waals surface area contributed by atoms with Crippen LogP contribution in [0, 0.1) is 0 Å². The fraction of sp³-hybridized carbons (Fsp3) is 0.158. The zero-order valence-corrected chi connectivity index (χ0v) is 15.0. The number of Topliss-reactive ketones (excluding diaryl/α,β-unsaturated/α-hetero) is 1. The summed E-state index contributed by atoms with van der Waals surface area (Å²) in [6.07, 6.45) is 0. The molecule has 0 aliphatic carbocycles. The van der Waals surface area contributed by atoms with Crippen molar-refractivity contribution < 1.29 is 14.6 Å². The summed E-state index contributed by atoms with van der Waals surface area (Å²) in [7, 11) is 1.62. The molecule has 0 amide bonds. The number of hydrogen-bond acceptors (Lipinski definition) is 5. The molecule has 0 fully saturated rings. The number of ether oxygens (including phenoxy) is 1. The van der Waals surface area contributed by atoms with Gasteiger partial charge < -0.3 is 9.84 Å². The minimum atomic E-state index is -0.196. The summed E-state index contributed by atoms with van der Waals surface area (Å²) in [6, 6.07) is 15.4. The van der Waals surface area contributed by atoms with E-state index in [0.717, 1.165) is 34.2 Å². The van der Waals surface area contributed by atoms with Gasteiger partial charge in [0.2, 0.25) is 0 Å². The van der Waals surface area contributed by atoms with E-state index in [4.69, 9.17) is 4.74 Å². The highest BCUT2D eigenvalue weighted by Gasteiger charge is 2.18. The minimum absolute atomic E-state index is 0.00848. The lowest BCUT2D eigenvalue weighted by Crippen LogP contribution is -2.01. The molecular formula is C19H18N2O3S. The van der Waals surface area contributed by atoms with E-state index in [-0.39, 0.29) is 16.4 Å². The second-order valence-corrected chi connectivity index (χ2v) is 6.47. The van der Waals surface area contributed by atoms with E-state index < -0.39 is 0 Å². The summed E-state index contributed by atoms with van der Waals surface area (Å²) in [5.41, 5.74) is 2.64. The normalized spacial score (nSPS) is 12.1. The molecule has 0 atom stereocenters. The van der Waals surface area contributed by atoms with Crippen molar-refractivity contribution in [2.75, 3.05) is 7.11 Å². The summed E-state index contributed by atoms with van der Waals surface area (Å²) in [6.45, 7) is 2.94. The largest absolute Gasteiger partial charge is 0.511 e. The number of para-hydroxylation sites is 2. The van der Waals surface area contributed by atoms with E-state index >= 15 is 0 Å². The van der Waals surface area contributed by atoms with Crippen molar-refractivity contribution in [1.82, 2.24) is 9.55 Å². The van der Waals surface area contributed by atoms with Gasteiger partial charge in [-0.05, 0) is 62.0 Å². The van der Waals surface area contributed by atoms with E-state index in [0.29, 0.717) is 5.16 Å². The van der Waals surface area contributed by atoms with Crippen LogP contribution in [0.15, 0.2) is 64.4 Å². The lowest BCUT2D eigenvalue weighted by atomic mass is 10.2. The van der Waals surface area contributed by atoms with Gasteiger partial charge in [-0.15, -0.1) is 0 Å². The number of nitrogens with zero attached hydrogens (tertiary/aromatic N) is 2. The molecule has 0 saturated carbocycles. The van der Waals surface area contributed by atoms with Gasteiger partial charge in [0.25, 0.3) is 0 Å². The number of carbonyl (C=O) groups excluding carboxylic acids is 1. The molecule has 0 aliphatic rings. The molecule has 0 unspecified atom stereocenters. The van der Waals surface area contributed by atoms with Crippen LogP contribution in [0.2, 0.25) is 0 Å². The van der Waals surface area contributed by atoms with Gasteiger partial charge in [0.15, 0.2) is 10.9 Å². The Morgan fingerprint density at radius 3 is 2.40 bits per heavy atom. The van der Waals surface area contributed by atoms with E-state index in [2.05, 4.69) is 4.98 Å². The second kappa shape index (κ2) is 7.03. The Labute approximate surface area is 150 Å². The zero-order chi connectivity index (χ0) is 18.0. The Bertz CT molecular complexity index is 954. The Morgan fingerprint density at radius 1 is 1.12 bits per heavy atom. The summed E-state index contributed by atoms with van der Waals surface area (Å²) >= 11 is 1.16. The smallest absolute Gasteiger partial charge is 0.178 e. The third-order valence-electron chi connectivity index (χ3n) is 3.70. The molecule has 3 aromatic rings. The number of imidazole rings is 1. The minimum Gasteiger partial charge on any atom is -0.511 e. The number of methoxy groups -OCH3 is 1. The molecule has 3 rings (SSSR count). The second-order valence-electron chi connectivity index (χ2n) is 5.49. The standard InChI is InChI=1S/C19H18N2O3S/c1-12(22)18(13(2)23)25-19-20-16-6-4-5-7-17(16)21(19)14-8-10-15(24-3)11-9-14/h4-11,22H,1-3H3/b18-12-. The monoisotopic (exact) mass is 354 g/mol. The van der Waals surface area contributed by atoms with Gasteiger partial charge >= 0.3 is 0 Å². The van der Waals surface area contributed by atoms with Gasteiger partial charge in [-0.1, -0.05) is 12.1 Å². The third-order valence-corrected chi connectivity index (χ3v) is 4.95. The highest BCUT2D eigenvalue weighted by molar-refractivity contribution is 8.03. The van der Waals surface area contributed by atoms with E-state index in [1.54, 1.807) is 7.11 Å². The maximum Gasteiger partial charge on any atom is 0.178 e. The number of aliphatic hydroxyl groups is 1. The molecule has 1 N–H and O–H groups in total. The van der Waals surface area contributed by atoms with E-state index in [1.807, 2.05) is 53.1 Å². The number of carbonyl (C=O) groups is 1. The fourth-order valence-corrected chi connectivity index (χ4v) is 3.46. The maximum absolute atomic E-state index is 11.8. The number of benzene rings is 2. The van der Waals surface area contributed by atoms with Crippen LogP contribution in [0.25, 0.3) is 16.7 Å². The fourth-order valence-electron chi connectivity index (χ4n) is 2.54. The number of allylic oxidation sites excluding steroid dienone is 2. The molecule has 2 aromatic carbocycles. The first-order valence-corrected chi connectivity index (χ1v) is 8.53. The molecule has 0 aliphatic heterocycles. The molecule has 0 spiro atoms. The first kappa shape index (κ1) is 17.1. The van der Waals surface area contributed by atoms with Crippen molar-refractivity contribution in [3.05, 3.63) is 59.2 Å². The van der Waals surface area contributed by atoms with Crippen molar-refractivity contribution >= 4 is 28.6 Å². The summed E-state index contributed by atoms with van der Waals surface area (Å²) in [4.78, 5) is 16.8. The van der Waals surface area contributed by atoms with E-state index in [1.165, 1.54) is 13.8 Å². The highest BCUT2D eigenvalue weighted by Crippen LogP contribution is 2.34. The summed E-state index contributed by atoms with van der Waals surface area (Å²) < 4.78 is 7.18. The lowest BCUT2D eigenvalue weighted by molar-refractivity contribution is -0.113. The lowest BCUT2D eigenvalue weighted by Gasteiger charge is -2.11. The Balaban J connectivity index is 2.18. The molecular weight excluding hydrogens is 336 g/mol. The van der Waals surface area contributed by atoms with Gasteiger partial charge in [-0.2, -0.15) is 0 Å². The third kappa shape index (κ3) is 3.39. The van der Waals surface area contributed by atoms with Gasteiger partial charge in [0.1, 0.15) is 11.5 Å². The van der Waals surface area contributed by atoms with Crippen molar-refractivity contribution in [2.24, 2.45) is 0 Å². The van der Waals surface area contributed by atoms with Crippen molar-refractivity contribution in [1.29, 1.82) is 0 Å². The van der Waals surface area contributed by atoms with Crippen LogP contribution in [0.4, 0.5) is 0 Å². The van der Waals surface area contributed by atoms with Gasteiger partial charge in [-0.3, -0.25) is 9.36 Å². The molecule has 1 heterocycles. The first-order chi connectivity index (χ1) is 12.0. The first-order valence-electron chi connectivity index (χ1n) is 7.72. The van der Waals surface area contributed by atoms with Crippen LogP contribution >= 0.6 is 11.8 Å². The predicted octanol–water partition coefficient (Wildman–Crippen LogP) is 4.50. The van der Waals surface area contributed by atoms with Crippen LogP contribution in [0.5, 0.6) is 5.75 Å².